The van der Waals surface area contributed by atoms with Gasteiger partial charge in [0.1, 0.15) is 0 Å². The summed E-state index contributed by atoms with van der Waals surface area (Å²) in [5, 5.41) is 9.73. The topological polar surface area (TPSA) is 53.3 Å². The Morgan fingerprint density at radius 1 is 1.53 bits per heavy atom. The zero-order chi connectivity index (χ0) is 14.0. The van der Waals surface area contributed by atoms with Crippen LogP contribution in [0.5, 0.6) is 0 Å². The standard InChI is InChI=1S/C14H15ClN2O2/c1-17-7-9(6-16)13(8-17)11-4-3-10(15)5-12(11)14(18)19-2/h3-5,9,13H,7-8H2,1-2H3. The van der Waals surface area contributed by atoms with Gasteiger partial charge in [0.15, 0.2) is 0 Å². The van der Waals surface area contributed by atoms with Crippen LogP contribution >= 0.6 is 11.6 Å². The van der Waals surface area contributed by atoms with Gasteiger partial charge in [-0.2, -0.15) is 5.26 Å². The van der Waals surface area contributed by atoms with Crippen LogP contribution in [0.1, 0.15) is 21.8 Å². The Morgan fingerprint density at radius 3 is 2.89 bits per heavy atom. The van der Waals surface area contributed by atoms with Gasteiger partial charge in [0.25, 0.3) is 0 Å². The van der Waals surface area contributed by atoms with Crippen LogP contribution in [0.15, 0.2) is 18.2 Å². The molecule has 2 rings (SSSR count). The minimum Gasteiger partial charge on any atom is -0.465 e. The monoisotopic (exact) mass is 278 g/mol. The molecule has 0 saturated carbocycles. The first kappa shape index (κ1) is 13.9. The van der Waals surface area contributed by atoms with E-state index in [2.05, 4.69) is 11.0 Å². The minimum absolute atomic E-state index is 0.0152. The van der Waals surface area contributed by atoms with Crippen LogP contribution in [0.25, 0.3) is 0 Å². The highest BCUT2D eigenvalue weighted by Gasteiger charge is 2.34. The smallest absolute Gasteiger partial charge is 0.338 e. The van der Waals surface area contributed by atoms with E-state index in [1.807, 2.05) is 13.1 Å². The number of nitrogens with zero attached hydrogens (tertiary/aromatic N) is 2. The molecule has 0 N–H and O–H groups in total. The summed E-state index contributed by atoms with van der Waals surface area (Å²) in [7, 11) is 3.31. The van der Waals surface area contributed by atoms with E-state index in [0.29, 0.717) is 17.1 Å². The molecule has 19 heavy (non-hydrogen) atoms. The summed E-state index contributed by atoms with van der Waals surface area (Å²) in [6, 6.07) is 7.49. The number of likely N-dealkylation sites (tertiary alicyclic amines) is 1. The average Bonchev–Trinajstić information content (AvgIpc) is 2.78. The lowest BCUT2D eigenvalue weighted by Crippen LogP contribution is -2.15. The number of nitriles is 1. The van der Waals surface area contributed by atoms with Crippen molar-refractivity contribution < 1.29 is 9.53 Å². The summed E-state index contributed by atoms with van der Waals surface area (Å²) in [5.74, 6) is -0.514. The van der Waals surface area contributed by atoms with Crippen LogP contribution in [0.2, 0.25) is 5.02 Å². The van der Waals surface area contributed by atoms with E-state index in [1.54, 1.807) is 12.1 Å². The normalized spacial score (nSPS) is 23.1. The summed E-state index contributed by atoms with van der Waals surface area (Å²) in [4.78, 5) is 13.9. The number of methoxy groups -OCH3 is 1. The summed E-state index contributed by atoms with van der Waals surface area (Å²) in [6.45, 7) is 1.47. The maximum Gasteiger partial charge on any atom is 0.338 e. The summed E-state index contributed by atoms with van der Waals surface area (Å²) < 4.78 is 4.79. The molecule has 1 saturated heterocycles. The number of likely N-dealkylation sites (N-methyl/N-ethyl adjacent to an activating group) is 1. The molecule has 4 nitrogen and oxygen atoms in total. The highest BCUT2D eigenvalue weighted by atomic mass is 35.5. The van der Waals surface area contributed by atoms with Crippen molar-refractivity contribution in [2.75, 3.05) is 27.2 Å². The van der Waals surface area contributed by atoms with Crippen molar-refractivity contribution in [1.29, 1.82) is 5.26 Å². The third kappa shape index (κ3) is 2.73. The second-order valence-electron chi connectivity index (χ2n) is 4.79. The molecule has 0 bridgehead atoms. The van der Waals surface area contributed by atoms with Crippen molar-refractivity contribution in [3.8, 4) is 6.07 Å². The fraction of sp³-hybridized carbons (Fsp3) is 0.429. The van der Waals surface area contributed by atoms with Crippen molar-refractivity contribution in [1.82, 2.24) is 4.90 Å². The van der Waals surface area contributed by atoms with Crippen molar-refractivity contribution in [2.24, 2.45) is 5.92 Å². The Morgan fingerprint density at radius 2 is 2.26 bits per heavy atom. The lowest BCUT2D eigenvalue weighted by molar-refractivity contribution is 0.0599. The van der Waals surface area contributed by atoms with Gasteiger partial charge in [-0.1, -0.05) is 17.7 Å². The second kappa shape index (κ2) is 5.60. The highest BCUT2D eigenvalue weighted by Crippen LogP contribution is 2.34. The molecule has 1 aromatic carbocycles. The van der Waals surface area contributed by atoms with Crippen LogP contribution in [-0.4, -0.2) is 38.1 Å². The van der Waals surface area contributed by atoms with Crippen LogP contribution in [-0.2, 0) is 4.74 Å². The predicted octanol–water partition coefficient (Wildman–Crippen LogP) is 2.30. The summed E-state index contributed by atoms with van der Waals surface area (Å²) in [5.41, 5.74) is 1.29. The molecule has 0 aliphatic carbocycles. The van der Waals surface area contributed by atoms with Gasteiger partial charge in [-0.3, -0.25) is 0 Å². The van der Waals surface area contributed by atoms with E-state index >= 15 is 0 Å². The molecule has 5 heteroatoms. The molecule has 1 aromatic rings. The van der Waals surface area contributed by atoms with E-state index in [0.717, 1.165) is 12.1 Å². The number of carbonyl (C=O) groups is 1. The Hall–Kier alpha value is -1.57. The Balaban J connectivity index is 2.44. The molecular formula is C14H15ClN2O2. The van der Waals surface area contributed by atoms with Crippen LogP contribution in [0, 0.1) is 17.2 Å². The van der Waals surface area contributed by atoms with E-state index in [1.165, 1.54) is 7.11 Å². The van der Waals surface area contributed by atoms with Gasteiger partial charge in [-0.15, -0.1) is 0 Å². The van der Waals surface area contributed by atoms with Crippen molar-refractivity contribution >= 4 is 17.6 Å². The summed E-state index contributed by atoms with van der Waals surface area (Å²) >= 11 is 5.94. The minimum atomic E-state index is -0.413. The third-order valence-corrected chi connectivity index (χ3v) is 3.72. The molecule has 0 amide bonds. The molecule has 1 aliphatic rings. The molecular weight excluding hydrogens is 264 g/mol. The first-order chi connectivity index (χ1) is 9.06. The molecule has 2 unspecified atom stereocenters. The van der Waals surface area contributed by atoms with Gasteiger partial charge in [0, 0.05) is 24.0 Å². The lowest BCUT2D eigenvalue weighted by Gasteiger charge is -2.16. The molecule has 0 spiro atoms. The average molecular weight is 279 g/mol. The van der Waals surface area contributed by atoms with Crippen LogP contribution < -0.4 is 0 Å². The second-order valence-corrected chi connectivity index (χ2v) is 5.22. The summed E-state index contributed by atoms with van der Waals surface area (Å²) in [6.07, 6.45) is 0. The zero-order valence-electron chi connectivity index (χ0n) is 10.9. The number of hydrogen-bond donors (Lipinski definition) is 0. The maximum absolute atomic E-state index is 11.8. The molecule has 100 valence electrons. The lowest BCUT2D eigenvalue weighted by atomic mass is 9.87. The Kier molecular flexibility index (Phi) is 4.08. The Bertz CT molecular complexity index is 539. The number of hydrogen-bond acceptors (Lipinski definition) is 4. The van der Waals surface area contributed by atoms with Crippen molar-refractivity contribution in [3.05, 3.63) is 34.3 Å². The fourth-order valence-corrected chi connectivity index (χ4v) is 2.76. The first-order valence-corrected chi connectivity index (χ1v) is 6.40. The SMILES string of the molecule is COC(=O)c1cc(Cl)ccc1C1CN(C)CC1C#N. The van der Waals surface area contributed by atoms with Crippen LogP contribution in [0.3, 0.4) is 0 Å². The number of rotatable bonds is 2. The van der Waals surface area contributed by atoms with Gasteiger partial charge < -0.3 is 9.64 Å². The highest BCUT2D eigenvalue weighted by molar-refractivity contribution is 6.31. The fourth-order valence-electron chi connectivity index (χ4n) is 2.59. The molecule has 1 aliphatic heterocycles. The molecule has 2 atom stereocenters. The quantitative estimate of drug-likeness (QED) is 0.779. The van der Waals surface area contributed by atoms with E-state index in [9.17, 15) is 10.1 Å². The van der Waals surface area contributed by atoms with Gasteiger partial charge in [-0.25, -0.2) is 4.79 Å². The van der Waals surface area contributed by atoms with E-state index in [4.69, 9.17) is 16.3 Å². The third-order valence-electron chi connectivity index (χ3n) is 3.49. The molecule has 1 heterocycles. The van der Waals surface area contributed by atoms with Gasteiger partial charge in [-0.05, 0) is 24.7 Å². The largest absolute Gasteiger partial charge is 0.465 e. The van der Waals surface area contributed by atoms with Gasteiger partial charge >= 0.3 is 5.97 Å². The van der Waals surface area contributed by atoms with Crippen LogP contribution in [0.4, 0.5) is 0 Å². The first-order valence-electron chi connectivity index (χ1n) is 6.02. The maximum atomic E-state index is 11.8. The zero-order valence-corrected chi connectivity index (χ0v) is 11.6. The molecule has 0 aromatic heterocycles. The number of esters is 1. The van der Waals surface area contributed by atoms with E-state index < -0.39 is 5.97 Å². The number of carbonyl (C=O) groups excluding carboxylic acids is 1. The molecule has 0 radical (unpaired) electrons. The predicted molar refractivity (Wildman–Crippen MR) is 72.1 cm³/mol. The number of ether oxygens (including phenoxy) is 1. The Labute approximate surface area is 117 Å². The number of benzene rings is 1. The van der Waals surface area contributed by atoms with Gasteiger partial charge in [0.2, 0.25) is 0 Å². The molecule has 1 fully saturated rings. The van der Waals surface area contributed by atoms with E-state index in [-0.39, 0.29) is 11.8 Å². The van der Waals surface area contributed by atoms with Crippen molar-refractivity contribution in [2.45, 2.75) is 5.92 Å². The number of halogens is 1. The van der Waals surface area contributed by atoms with Crippen molar-refractivity contribution in [3.63, 3.8) is 0 Å². The van der Waals surface area contributed by atoms with Gasteiger partial charge in [0.05, 0.1) is 24.7 Å².